The molecule has 1 aromatic heterocycles. The zero-order valence-electron chi connectivity index (χ0n) is 13.6. The van der Waals surface area contributed by atoms with Gasteiger partial charge in [-0.3, -0.25) is 0 Å². The topological polar surface area (TPSA) is 37.7 Å². The maximum Gasteiger partial charge on any atom is 0.228 e. The van der Waals surface area contributed by atoms with Gasteiger partial charge in [-0.1, -0.05) is 12.2 Å². The summed E-state index contributed by atoms with van der Waals surface area (Å²) in [7, 11) is 2.00. The Labute approximate surface area is 141 Å². The standard InChI is InChI=1S/C17H24BrN3O/c1-4-21(3)12-19-16-10-15(18)17(20-13(16)2)22-11-14-8-6-5-7-9-14/h5-6,10,12,14H,4,7-9,11H2,1-3H3/b19-12+. The smallest absolute Gasteiger partial charge is 0.228 e. The summed E-state index contributed by atoms with van der Waals surface area (Å²) in [5.41, 5.74) is 1.74. The summed E-state index contributed by atoms with van der Waals surface area (Å²) in [5.74, 6) is 1.25. The highest BCUT2D eigenvalue weighted by atomic mass is 79.9. The first kappa shape index (κ1) is 17.0. The van der Waals surface area contributed by atoms with Gasteiger partial charge in [0.15, 0.2) is 0 Å². The van der Waals surface area contributed by atoms with E-state index in [1.807, 2.05) is 31.3 Å². The maximum atomic E-state index is 5.90. The number of aryl methyl sites for hydroxylation is 1. The number of rotatable bonds is 6. The van der Waals surface area contributed by atoms with Crippen LogP contribution in [0.2, 0.25) is 0 Å². The molecule has 0 N–H and O–H groups in total. The van der Waals surface area contributed by atoms with Crippen molar-refractivity contribution in [1.82, 2.24) is 9.88 Å². The number of halogens is 1. The summed E-state index contributed by atoms with van der Waals surface area (Å²) in [5, 5.41) is 0. The van der Waals surface area contributed by atoms with Crippen LogP contribution in [0.5, 0.6) is 5.88 Å². The molecule has 0 saturated heterocycles. The van der Waals surface area contributed by atoms with Crippen LogP contribution in [0.25, 0.3) is 0 Å². The largest absolute Gasteiger partial charge is 0.477 e. The van der Waals surface area contributed by atoms with E-state index in [1.165, 1.54) is 6.42 Å². The van der Waals surface area contributed by atoms with Crippen LogP contribution in [-0.4, -0.2) is 36.4 Å². The first-order valence-electron chi connectivity index (χ1n) is 7.79. The van der Waals surface area contributed by atoms with Crippen molar-refractivity contribution in [1.29, 1.82) is 0 Å². The highest BCUT2D eigenvalue weighted by molar-refractivity contribution is 9.10. The minimum Gasteiger partial charge on any atom is -0.477 e. The molecular formula is C17H24BrN3O. The molecule has 1 atom stereocenters. The van der Waals surface area contributed by atoms with Crippen LogP contribution in [0.1, 0.15) is 31.9 Å². The molecule has 1 unspecified atom stereocenters. The van der Waals surface area contributed by atoms with E-state index in [0.29, 0.717) is 11.8 Å². The highest BCUT2D eigenvalue weighted by Gasteiger charge is 2.13. The Hall–Kier alpha value is -1.36. The van der Waals surface area contributed by atoms with Crippen LogP contribution in [0.4, 0.5) is 5.69 Å². The Kier molecular flexibility index (Phi) is 6.43. The number of hydrogen-bond acceptors (Lipinski definition) is 3. The zero-order valence-corrected chi connectivity index (χ0v) is 15.1. The lowest BCUT2D eigenvalue weighted by Gasteiger charge is -2.18. The van der Waals surface area contributed by atoms with E-state index in [0.717, 1.165) is 41.8 Å². The van der Waals surface area contributed by atoms with E-state index in [9.17, 15) is 0 Å². The van der Waals surface area contributed by atoms with Crippen LogP contribution in [0, 0.1) is 12.8 Å². The molecule has 1 aromatic rings. The zero-order chi connectivity index (χ0) is 15.9. The summed E-state index contributed by atoms with van der Waals surface area (Å²) in [6.07, 6.45) is 9.76. The molecule has 0 radical (unpaired) electrons. The van der Waals surface area contributed by atoms with Crippen LogP contribution in [0.15, 0.2) is 27.7 Å². The first-order chi connectivity index (χ1) is 10.6. The van der Waals surface area contributed by atoms with Gasteiger partial charge in [0.05, 0.1) is 28.8 Å². The van der Waals surface area contributed by atoms with Gasteiger partial charge < -0.3 is 9.64 Å². The molecule has 1 aliphatic carbocycles. The number of ether oxygens (including phenoxy) is 1. The van der Waals surface area contributed by atoms with Crippen LogP contribution < -0.4 is 4.74 Å². The molecule has 0 aliphatic heterocycles. The normalized spacial score (nSPS) is 17.9. The third-order valence-corrected chi connectivity index (χ3v) is 4.40. The SMILES string of the molecule is CCN(C)/C=N/c1cc(Br)c(OCC2CC=CCC2)nc1C. The number of allylic oxidation sites excluding steroid dienone is 2. The van der Waals surface area contributed by atoms with Gasteiger partial charge in [0.25, 0.3) is 0 Å². The third kappa shape index (κ3) is 4.83. The Morgan fingerprint density at radius 3 is 3.00 bits per heavy atom. The molecule has 0 spiro atoms. The lowest BCUT2D eigenvalue weighted by atomic mass is 9.95. The fraction of sp³-hybridized carbons (Fsp3) is 0.529. The van der Waals surface area contributed by atoms with Crippen molar-refractivity contribution >= 4 is 28.0 Å². The van der Waals surface area contributed by atoms with Crippen molar-refractivity contribution in [3.63, 3.8) is 0 Å². The van der Waals surface area contributed by atoms with Gasteiger partial charge in [-0.15, -0.1) is 0 Å². The molecule has 4 nitrogen and oxygen atoms in total. The van der Waals surface area contributed by atoms with Gasteiger partial charge in [-0.25, -0.2) is 9.98 Å². The van der Waals surface area contributed by atoms with E-state index >= 15 is 0 Å². The van der Waals surface area contributed by atoms with Crippen LogP contribution in [0.3, 0.4) is 0 Å². The lowest BCUT2D eigenvalue weighted by molar-refractivity contribution is 0.229. The van der Waals surface area contributed by atoms with Crippen molar-refractivity contribution in [2.24, 2.45) is 10.9 Å². The second kappa shape index (κ2) is 8.32. The molecule has 0 fully saturated rings. The van der Waals surface area contributed by atoms with Crippen molar-refractivity contribution in [2.75, 3.05) is 20.2 Å². The van der Waals surface area contributed by atoms with Crippen molar-refractivity contribution < 1.29 is 4.74 Å². The number of aliphatic imine (C=N–C) groups is 1. The Morgan fingerprint density at radius 2 is 2.32 bits per heavy atom. The Balaban J connectivity index is 2.02. The van der Waals surface area contributed by atoms with Crippen LogP contribution >= 0.6 is 15.9 Å². The quantitative estimate of drug-likeness (QED) is 0.423. The fourth-order valence-electron chi connectivity index (χ4n) is 2.23. The maximum absolute atomic E-state index is 5.90. The number of nitrogens with zero attached hydrogens (tertiary/aromatic N) is 3. The monoisotopic (exact) mass is 365 g/mol. The van der Waals surface area contributed by atoms with E-state index in [1.54, 1.807) is 0 Å². The van der Waals surface area contributed by atoms with E-state index in [4.69, 9.17) is 4.74 Å². The van der Waals surface area contributed by atoms with Gasteiger partial charge in [0.1, 0.15) is 0 Å². The molecular weight excluding hydrogens is 342 g/mol. The number of pyridine rings is 1. The summed E-state index contributed by atoms with van der Waals surface area (Å²) in [6.45, 7) is 5.69. The van der Waals surface area contributed by atoms with Gasteiger partial charge in [-0.05, 0) is 61.0 Å². The van der Waals surface area contributed by atoms with E-state index in [2.05, 4.69) is 45.0 Å². The molecule has 1 aliphatic rings. The summed E-state index contributed by atoms with van der Waals surface area (Å²) >= 11 is 3.54. The van der Waals surface area contributed by atoms with E-state index in [-0.39, 0.29) is 0 Å². The minimum atomic E-state index is 0.593. The molecule has 0 saturated carbocycles. The molecule has 1 heterocycles. The Bertz CT molecular complexity index is 557. The molecule has 0 bridgehead atoms. The predicted octanol–water partition coefficient (Wildman–Crippen LogP) is 4.50. The fourth-order valence-corrected chi connectivity index (χ4v) is 2.65. The molecule has 120 valence electrons. The molecule has 22 heavy (non-hydrogen) atoms. The van der Waals surface area contributed by atoms with Crippen molar-refractivity contribution in [3.05, 3.63) is 28.4 Å². The predicted molar refractivity (Wildman–Crippen MR) is 95.1 cm³/mol. The second-order valence-corrected chi connectivity index (χ2v) is 6.51. The third-order valence-electron chi connectivity index (χ3n) is 3.83. The summed E-state index contributed by atoms with van der Waals surface area (Å²) in [6, 6.07) is 1.97. The molecule has 2 rings (SSSR count). The van der Waals surface area contributed by atoms with Crippen LogP contribution in [-0.2, 0) is 0 Å². The first-order valence-corrected chi connectivity index (χ1v) is 8.58. The number of hydrogen-bond donors (Lipinski definition) is 0. The lowest BCUT2D eigenvalue weighted by Crippen LogP contribution is -2.14. The van der Waals surface area contributed by atoms with Crippen molar-refractivity contribution in [2.45, 2.75) is 33.1 Å². The molecule has 0 aromatic carbocycles. The van der Waals surface area contributed by atoms with Gasteiger partial charge in [-0.2, -0.15) is 0 Å². The summed E-state index contributed by atoms with van der Waals surface area (Å²) in [4.78, 5) is 11.0. The highest BCUT2D eigenvalue weighted by Crippen LogP contribution is 2.30. The molecule has 0 amide bonds. The van der Waals surface area contributed by atoms with Gasteiger partial charge in [0.2, 0.25) is 5.88 Å². The average Bonchev–Trinajstić information content (AvgIpc) is 2.54. The molecule has 5 heteroatoms. The number of aromatic nitrogens is 1. The van der Waals surface area contributed by atoms with Crippen molar-refractivity contribution in [3.8, 4) is 5.88 Å². The average molecular weight is 366 g/mol. The van der Waals surface area contributed by atoms with E-state index < -0.39 is 0 Å². The minimum absolute atomic E-state index is 0.593. The van der Waals surface area contributed by atoms with Gasteiger partial charge in [0, 0.05) is 13.6 Å². The second-order valence-electron chi connectivity index (χ2n) is 5.66. The van der Waals surface area contributed by atoms with Gasteiger partial charge >= 0.3 is 0 Å². The summed E-state index contributed by atoms with van der Waals surface area (Å²) < 4.78 is 6.76. The Morgan fingerprint density at radius 1 is 1.50 bits per heavy atom.